The highest BCUT2D eigenvalue weighted by Crippen LogP contribution is 2.14. The van der Waals surface area contributed by atoms with E-state index in [1.54, 1.807) is 0 Å². The monoisotopic (exact) mass is 150 g/mol. The number of nitrogens with two attached hydrogens (primary N) is 2. The Kier molecular flexibility index (Phi) is 4.19. The molecule has 9 heavy (non-hydrogen) atoms. The first-order valence-corrected chi connectivity index (χ1v) is 3.30. The Morgan fingerprint density at radius 1 is 0.778 bits per heavy atom. The fourth-order valence-electron chi connectivity index (χ4n) is 1.14. The van der Waals surface area contributed by atoms with Crippen LogP contribution in [0.4, 0.5) is 0 Å². The Morgan fingerprint density at radius 2 is 1.00 bits per heavy atom. The maximum atomic E-state index is 5.64. The number of rotatable bonds is 0. The summed E-state index contributed by atoms with van der Waals surface area (Å²) in [7, 11) is 0. The average Bonchev–Trinajstić information content (AvgIpc) is 1.77. The van der Waals surface area contributed by atoms with Gasteiger partial charge in [0, 0.05) is 12.1 Å². The summed E-state index contributed by atoms with van der Waals surface area (Å²) in [4.78, 5) is 0. The average molecular weight is 151 g/mol. The highest BCUT2D eigenvalue weighted by molar-refractivity contribution is 5.85. The fraction of sp³-hybridized carbons (Fsp3) is 1.00. The third-order valence-corrected chi connectivity index (χ3v) is 1.82. The summed E-state index contributed by atoms with van der Waals surface area (Å²) in [5.74, 6) is 0. The van der Waals surface area contributed by atoms with Crippen molar-refractivity contribution in [1.29, 1.82) is 0 Å². The molecule has 0 heterocycles. The van der Waals surface area contributed by atoms with Crippen LogP contribution in [0.5, 0.6) is 0 Å². The van der Waals surface area contributed by atoms with Gasteiger partial charge in [-0.1, -0.05) is 0 Å². The molecule has 1 aliphatic rings. The van der Waals surface area contributed by atoms with Gasteiger partial charge in [-0.3, -0.25) is 0 Å². The highest BCUT2D eigenvalue weighted by atomic mass is 35.5. The zero-order chi connectivity index (χ0) is 5.98. The zero-order valence-corrected chi connectivity index (χ0v) is 6.36. The molecule has 56 valence electrons. The molecule has 1 aliphatic carbocycles. The SMILES string of the molecule is Cl.N[C@H]1CC[C@H](N)CC1. The van der Waals surface area contributed by atoms with E-state index in [0.29, 0.717) is 12.1 Å². The minimum absolute atomic E-state index is 0. The predicted octanol–water partition coefficient (Wildman–Crippen LogP) is 0.637. The van der Waals surface area contributed by atoms with Gasteiger partial charge in [-0.15, -0.1) is 12.4 Å². The molecule has 4 N–H and O–H groups in total. The van der Waals surface area contributed by atoms with E-state index in [-0.39, 0.29) is 12.4 Å². The van der Waals surface area contributed by atoms with Gasteiger partial charge in [0.1, 0.15) is 0 Å². The Morgan fingerprint density at radius 3 is 1.22 bits per heavy atom. The molecule has 2 nitrogen and oxygen atoms in total. The topological polar surface area (TPSA) is 52.0 Å². The molecule has 0 radical (unpaired) electrons. The minimum Gasteiger partial charge on any atom is -0.328 e. The van der Waals surface area contributed by atoms with Gasteiger partial charge >= 0.3 is 0 Å². The van der Waals surface area contributed by atoms with Gasteiger partial charge in [-0.05, 0) is 25.7 Å². The number of halogens is 1. The van der Waals surface area contributed by atoms with Crippen molar-refractivity contribution in [3.8, 4) is 0 Å². The first-order valence-electron chi connectivity index (χ1n) is 3.30. The van der Waals surface area contributed by atoms with Crippen molar-refractivity contribution in [2.45, 2.75) is 37.8 Å². The van der Waals surface area contributed by atoms with Gasteiger partial charge in [-0.25, -0.2) is 0 Å². The maximum Gasteiger partial charge on any atom is 0.00399 e. The van der Waals surface area contributed by atoms with Crippen LogP contribution in [0.2, 0.25) is 0 Å². The van der Waals surface area contributed by atoms with E-state index in [2.05, 4.69) is 0 Å². The first-order chi connectivity index (χ1) is 3.79. The van der Waals surface area contributed by atoms with E-state index in [1.165, 1.54) is 0 Å². The quantitative estimate of drug-likeness (QED) is 0.533. The van der Waals surface area contributed by atoms with Crippen LogP contribution >= 0.6 is 12.4 Å². The van der Waals surface area contributed by atoms with Crippen molar-refractivity contribution in [3.05, 3.63) is 0 Å². The van der Waals surface area contributed by atoms with Crippen LogP contribution in [-0.2, 0) is 0 Å². The van der Waals surface area contributed by atoms with Crippen LogP contribution in [0.3, 0.4) is 0 Å². The second-order valence-electron chi connectivity index (χ2n) is 2.67. The lowest BCUT2D eigenvalue weighted by molar-refractivity contribution is 0.395. The summed E-state index contributed by atoms with van der Waals surface area (Å²) >= 11 is 0. The Hall–Kier alpha value is 0.210. The van der Waals surface area contributed by atoms with Gasteiger partial charge in [0.2, 0.25) is 0 Å². The molecule has 0 bridgehead atoms. The third-order valence-electron chi connectivity index (χ3n) is 1.82. The summed E-state index contributed by atoms with van der Waals surface area (Å²) in [6, 6.07) is 0.879. The van der Waals surface area contributed by atoms with E-state index in [4.69, 9.17) is 11.5 Å². The fourth-order valence-corrected chi connectivity index (χ4v) is 1.14. The number of hydrogen-bond acceptors (Lipinski definition) is 2. The third kappa shape index (κ3) is 3.04. The van der Waals surface area contributed by atoms with Crippen LogP contribution in [-0.4, -0.2) is 12.1 Å². The minimum atomic E-state index is 0. The predicted molar refractivity (Wildman–Crippen MR) is 41.7 cm³/mol. The van der Waals surface area contributed by atoms with Crippen molar-refractivity contribution < 1.29 is 0 Å². The molecular formula is C6H15ClN2. The molecule has 0 atom stereocenters. The summed E-state index contributed by atoms with van der Waals surface area (Å²) in [5, 5.41) is 0. The molecule has 0 amide bonds. The van der Waals surface area contributed by atoms with Crippen LogP contribution in [0.1, 0.15) is 25.7 Å². The van der Waals surface area contributed by atoms with Crippen LogP contribution in [0.15, 0.2) is 0 Å². The normalized spacial score (nSPS) is 35.3. The molecule has 1 rings (SSSR count). The largest absolute Gasteiger partial charge is 0.328 e. The van der Waals surface area contributed by atoms with Crippen LogP contribution in [0.25, 0.3) is 0 Å². The van der Waals surface area contributed by atoms with Crippen molar-refractivity contribution in [2.75, 3.05) is 0 Å². The van der Waals surface area contributed by atoms with Crippen molar-refractivity contribution in [3.63, 3.8) is 0 Å². The second kappa shape index (κ2) is 4.09. The maximum absolute atomic E-state index is 5.64. The molecule has 0 aromatic heterocycles. The highest BCUT2D eigenvalue weighted by Gasteiger charge is 2.13. The molecule has 0 aliphatic heterocycles. The number of hydrogen-bond donors (Lipinski definition) is 2. The van der Waals surface area contributed by atoms with E-state index >= 15 is 0 Å². The smallest absolute Gasteiger partial charge is 0.00399 e. The van der Waals surface area contributed by atoms with E-state index in [0.717, 1.165) is 25.7 Å². The summed E-state index contributed by atoms with van der Waals surface area (Å²) in [6.45, 7) is 0. The molecule has 0 spiro atoms. The molecule has 3 heteroatoms. The molecule has 0 aromatic carbocycles. The first kappa shape index (κ1) is 9.21. The van der Waals surface area contributed by atoms with Crippen molar-refractivity contribution >= 4 is 12.4 Å². The van der Waals surface area contributed by atoms with Crippen LogP contribution < -0.4 is 11.5 Å². The van der Waals surface area contributed by atoms with Crippen LogP contribution in [0, 0.1) is 0 Å². The molecule has 0 unspecified atom stereocenters. The van der Waals surface area contributed by atoms with Gasteiger partial charge < -0.3 is 11.5 Å². The van der Waals surface area contributed by atoms with Gasteiger partial charge in [0.05, 0.1) is 0 Å². The molecule has 1 fully saturated rings. The second-order valence-corrected chi connectivity index (χ2v) is 2.67. The van der Waals surface area contributed by atoms with Gasteiger partial charge in [0.25, 0.3) is 0 Å². The molecular weight excluding hydrogens is 136 g/mol. The van der Waals surface area contributed by atoms with Gasteiger partial charge in [0.15, 0.2) is 0 Å². The standard InChI is InChI=1S/C6H14N2.ClH/c7-5-1-2-6(8)4-3-5;/h5-6H,1-4,7-8H2;1H/t5-,6-;. The van der Waals surface area contributed by atoms with Gasteiger partial charge in [-0.2, -0.15) is 0 Å². The van der Waals surface area contributed by atoms with Crippen molar-refractivity contribution in [2.24, 2.45) is 11.5 Å². The van der Waals surface area contributed by atoms with Crippen molar-refractivity contribution in [1.82, 2.24) is 0 Å². The zero-order valence-electron chi connectivity index (χ0n) is 5.55. The Balaban J connectivity index is 0.000000640. The molecule has 0 saturated heterocycles. The summed E-state index contributed by atoms with van der Waals surface area (Å²) in [5.41, 5.74) is 11.3. The van der Waals surface area contributed by atoms with E-state index in [9.17, 15) is 0 Å². The van der Waals surface area contributed by atoms with E-state index < -0.39 is 0 Å². The Bertz CT molecular complexity index is 59.5. The molecule has 0 aromatic rings. The lowest BCUT2D eigenvalue weighted by Crippen LogP contribution is -2.33. The lowest BCUT2D eigenvalue weighted by atomic mass is 9.93. The lowest BCUT2D eigenvalue weighted by Gasteiger charge is -2.22. The summed E-state index contributed by atoms with van der Waals surface area (Å²) in [6.07, 6.45) is 4.50. The molecule has 1 saturated carbocycles. The van der Waals surface area contributed by atoms with E-state index in [1.807, 2.05) is 0 Å². The Labute approximate surface area is 62.4 Å². The summed E-state index contributed by atoms with van der Waals surface area (Å²) < 4.78 is 0.